The van der Waals surface area contributed by atoms with Gasteiger partial charge in [-0.15, -0.1) is 0 Å². The predicted molar refractivity (Wildman–Crippen MR) is 111 cm³/mol. The van der Waals surface area contributed by atoms with Gasteiger partial charge in [0, 0.05) is 19.6 Å². The number of hydrogen-bond acceptors (Lipinski definition) is 4. The van der Waals surface area contributed by atoms with Crippen LogP contribution in [0.3, 0.4) is 0 Å². The van der Waals surface area contributed by atoms with E-state index in [-0.39, 0.29) is 18.2 Å². The third kappa shape index (κ3) is 5.91. The van der Waals surface area contributed by atoms with E-state index >= 15 is 0 Å². The number of piperidine rings is 1. The van der Waals surface area contributed by atoms with Crippen molar-refractivity contribution in [2.24, 2.45) is 0 Å². The second-order valence-corrected chi connectivity index (χ2v) is 7.44. The molecule has 1 aliphatic rings. The molecule has 0 aliphatic carbocycles. The standard InChI is InChI=1S/C24H31NO3/c1-3-27-23(26)14-17-25-15-12-22(13-16-25)28-24(20-9-5-4-6-10-20)21-11-7-8-19(2)18-21/h4-11,18,22,24H,3,12-17H2,1-2H3. The highest BCUT2D eigenvalue weighted by molar-refractivity contribution is 5.69. The van der Waals surface area contributed by atoms with E-state index in [2.05, 4.69) is 60.4 Å². The summed E-state index contributed by atoms with van der Waals surface area (Å²) in [6, 6.07) is 19.0. The minimum Gasteiger partial charge on any atom is -0.466 e. The first-order valence-corrected chi connectivity index (χ1v) is 10.3. The Labute approximate surface area is 168 Å². The lowest BCUT2D eigenvalue weighted by Crippen LogP contribution is -2.38. The molecule has 4 nitrogen and oxygen atoms in total. The molecule has 0 N–H and O–H groups in total. The van der Waals surface area contributed by atoms with E-state index in [1.807, 2.05) is 13.0 Å². The fourth-order valence-corrected chi connectivity index (χ4v) is 3.75. The maximum absolute atomic E-state index is 11.6. The molecule has 150 valence electrons. The maximum atomic E-state index is 11.6. The third-order valence-electron chi connectivity index (χ3n) is 5.25. The van der Waals surface area contributed by atoms with Gasteiger partial charge in [-0.2, -0.15) is 0 Å². The van der Waals surface area contributed by atoms with Crippen LogP contribution < -0.4 is 0 Å². The van der Waals surface area contributed by atoms with Crippen LogP contribution in [0.4, 0.5) is 0 Å². The molecular weight excluding hydrogens is 350 g/mol. The van der Waals surface area contributed by atoms with Crippen LogP contribution >= 0.6 is 0 Å². The van der Waals surface area contributed by atoms with Gasteiger partial charge >= 0.3 is 5.97 Å². The second-order valence-electron chi connectivity index (χ2n) is 7.44. The van der Waals surface area contributed by atoms with Gasteiger partial charge < -0.3 is 14.4 Å². The van der Waals surface area contributed by atoms with Crippen molar-refractivity contribution in [1.29, 1.82) is 0 Å². The minimum absolute atomic E-state index is 0.0443. The van der Waals surface area contributed by atoms with Crippen LogP contribution in [0.2, 0.25) is 0 Å². The van der Waals surface area contributed by atoms with Gasteiger partial charge in [0.1, 0.15) is 6.10 Å². The van der Waals surface area contributed by atoms with Gasteiger partial charge in [-0.1, -0.05) is 60.2 Å². The van der Waals surface area contributed by atoms with Crippen LogP contribution in [-0.2, 0) is 14.3 Å². The molecule has 1 saturated heterocycles. The molecule has 0 aromatic heterocycles. The molecule has 1 atom stereocenters. The summed E-state index contributed by atoms with van der Waals surface area (Å²) in [5, 5.41) is 0. The molecule has 1 unspecified atom stereocenters. The first kappa shape index (κ1) is 20.6. The van der Waals surface area contributed by atoms with Gasteiger partial charge in [0.05, 0.1) is 19.1 Å². The minimum atomic E-state index is -0.107. The number of rotatable bonds is 8. The number of aryl methyl sites for hydroxylation is 1. The molecule has 0 bridgehead atoms. The van der Waals surface area contributed by atoms with Crippen molar-refractivity contribution in [3.05, 3.63) is 71.3 Å². The third-order valence-corrected chi connectivity index (χ3v) is 5.25. The van der Waals surface area contributed by atoms with Crippen LogP contribution in [0, 0.1) is 6.92 Å². The highest BCUT2D eigenvalue weighted by Gasteiger charge is 2.25. The van der Waals surface area contributed by atoms with Gasteiger partial charge in [0.15, 0.2) is 0 Å². The average molecular weight is 382 g/mol. The van der Waals surface area contributed by atoms with E-state index in [9.17, 15) is 4.79 Å². The summed E-state index contributed by atoms with van der Waals surface area (Å²) in [6.07, 6.45) is 2.62. The Hall–Kier alpha value is -2.17. The van der Waals surface area contributed by atoms with Crippen molar-refractivity contribution < 1.29 is 14.3 Å². The molecule has 0 amide bonds. The zero-order valence-electron chi connectivity index (χ0n) is 17.0. The van der Waals surface area contributed by atoms with Crippen LogP contribution in [0.25, 0.3) is 0 Å². The van der Waals surface area contributed by atoms with Crippen LogP contribution in [0.1, 0.15) is 49.0 Å². The summed E-state index contributed by atoms with van der Waals surface area (Å²) >= 11 is 0. The second kappa shape index (κ2) is 10.4. The number of benzene rings is 2. The van der Waals surface area contributed by atoms with Crippen molar-refractivity contribution in [3.8, 4) is 0 Å². The number of likely N-dealkylation sites (tertiary alicyclic amines) is 1. The zero-order chi connectivity index (χ0) is 19.8. The number of esters is 1. The number of nitrogens with zero attached hydrogens (tertiary/aromatic N) is 1. The summed E-state index contributed by atoms with van der Waals surface area (Å²) in [4.78, 5) is 13.9. The summed E-state index contributed by atoms with van der Waals surface area (Å²) in [7, 11) is 0. The Morgan fingerprint density at radius 3 is 2.46 bits per heavy atom. The maximum Gasteiger partial charge on any atom is 0.307 e. The fraction of sp³-hybridized carbons (Fsp3) is 0.458. The van der Waals surface area contributed by atoms with Crippen molar-refractivity contribution in [2.75, 3.05) is 26.2 Å². The Morgan fingerprint density at radius 2 is 1.79 bits per heavy atom. The summed E-state index contributed by atoms with van der Waals surface area (Å²) in [5.41, 5.74) is 3.64. The van der Waals surface area contributed by atoms with Crippen molar-refractivity contribution in [3.63, 3.8) is 0 Å². The molecule has 2 aromatic carbocycles. The quantitative estimate of drug-likeness (QED) is 0.630. The number of carbonyl (C=O) groups excluding carboxylic acids is 1. The Balaban J connectivity index is 1.59. The first-order valence-electron chi connectivity index (χ1n) is 10.3. The van der Waals surface area contributed by atoms with Gasteiger partial charge in [0.25, 0.3) is 0 Å². The van der Waals surface area contributed by atoms with E-state index in [1.54, 1.807) is 0 Å². The van der Waals surface area contributed by atoms with Gasteiger partial charge in [0.2, 0.25) is 0 Å². The average Bonchev–Trinajstić information content (AvgIpc) is 2.72. The molecule has 0 radical (unpaired) electrons. The Kier molecular flexibility index (Phi) is 7.63. The molecule has 1 fully saturated rings. The first-order chi connectivity index (χ1) is 13.7. The summed E-state index contributed by atoms with van der Waals surface area (Å²) < 4.78 is 11.6. The highest BCUT2D eigenvalue weighted by atomic mass is 16.5. The largest absolute Gasteiger partial charge is 0.466 e. The monoisotopic (exact) mass is 381 g/mol. The molecule has 0 saturated carbocycles. The lowest BCUT2D eigenvalue weighted by Gasteiger charge is -2.34. The molecule has 4 heteroatoms. The normalized spacial score (nSPS) is 16.6. The Morgan fingerprint density at radius 1 is 1.07 bits per heavy atom. The van der Waals surface area contributed by atoms with Crippen LogP contribution in [-0.4, -0.2) is 43.2 Å². The highest BCUT2D eigenvalue weighted by Crippen LogP contribution is 2.30. The molecule has 3 rings (SSSR count). The van der Waals surface area contributed by atoms with Crippen molar-refractivity contribution in [1.82, 2.24) is 4.90 Å². The fourth-order valence-electron chi connectivity index (χ4n) is 3.75. The predicted octanol–water partition coefficient (Wildman–Crippen LogP) is 4.52. The van der Waals surface area contributed by atoms with Crippen molar-refractivity contribution in [2.45, 2.75) is 45.3 Å². The molecule has 28 heavy (non-hydrogen) atoms. The Bertz CT molecular complexity index is 739. The lowest BCUT2D eigenvalue weighted by molar-refractivity contribution is -0.143. The SMILES string of the molecule is CCOC(=O)CCN1CCC(OC(c2ccccc2)c2cccc(C)c2)CC1. The molecule has 2 aromatic rings. The van der Waals surface area contributed by atoms with E-state index in [0.717, 1.165) is 32.5 Å². The number of ether oxygens (including phenoxy) is 2. The van der Waals surface area contributed by atoms with Gasteiger partial charge in [-0.25, -0.2) is 0 Å². The van der Waals surface area contributed by atoms with E-state index in [1.165, 1.54) is 16.7 Å². The number of hydrogen-bond donors (Lipinski definition) is 0. The smallest absolute Gasteiger partial charge is 0.307 e. The molecular formula is C24H31NO3. The van der Waals surface area contributed by atoms with Crippen LogP contribution in [0.5, 0.6) is 0 Å². The molecule has 1 heterocycles. The number of carbonyl (C=O) groups is 1. The van der Waals surface area contributed by atoms with E-state index < -0.39 is 0 Å². The van der Waals surface area contributed by atoms with E-state index in [4.69, 9.17) is 9.47 Å². The molecule has 1 aliphatic heterocycles. The zero-order valence-corrected chi connectivity index (χ0v) is 17.0. The van der Waals surface area contributed by atoms with Crippen molar-refractivity contribution >= 4 is 5.97 Å². The van der Waals surface area contributed by atoms with E-state index in [0.29, 0.717) is 13.0 Å². The van der Waals surface area contributed by atoms with Crippen LogP contribution in [0.15, 0.2) is 54.6 Å². The lowest BCUT2D eigenvalue weighted by atomic mass is 9.98. The molecule has 0 spiro atoms. The van der Waals surface area contributed by atoms with Gasteiger partial charge in [-0.3, -0.25) is 4.79 Å². The summed E-state index contributed by atoms with van der Waals surface area (Å²) in [5.74, 6) is -0.107. The topological polar surface area (TPSA) is 38.8 Å². The van der Waals surface area contributed by atoms with Gasteiger partial charge in [-0.05, 0) is 37.8 Å². The summed E-state index contributed by atoms with van der Waals surface area (Å²) in [6.45, 7) is 7.10.